The van der Waals surface area contributed by atoms with Crippen LogP contribution in [0.3, 0.4) is 0 Å². The molecule has 1 N–H and O–H groups in total. The third-order valence-corrected chi connectivity index (χ3v) is 5.08. The van der Waals surface area contributed by atoms with Crippen molar-refractivity contribution in [2.24, 2.45) is 5.92 Å². The monoisotopic (exact) mass is 341 g/mol. The molecule has 2 rings (SSSR count). The molecule has 22 heavy (non-hydrogen) atoms. The zero-order chi connectivity index (χ0) is 16.3. The molecule has 1 fully saturated rings. The van der Waals surface area contributed by atoms with Crippen LogP contribution in [0.2, 0.25) is 10.0 Å². The fourth-order valence-corrected chi connectivity index (χ4v) is 4.12. The molecule has 0 amide bonds. The van der Waals surface area contributed by atoms with Crippen molar-refractivity contribution in [1.82, 2.24) is 4.90 Å². The van der Waals surface area contributed by atoms with Crippen LogP contribution < -0.4 is 0 Å². The summed E-state index contributed by atoms with van der Waals surface area (Å²) in [5.41, 5.74) is 2.04. The molecule has 0 saturated heterocycles. The van der Waals surface area contributed by atoms with Gasteiger partial charge >= 0.3 is 0 Å². The number of hydrogen-bond acceptors (Lipinski definition) is 2. The van der Waals surface area contributed by atoms with E-state index in [2.05, 4.69) is 25.5 Å². The Morgan fingerprint density at radius 2 is 2.00 bits per heavy atom. The highest BCUT2D eigenvalue weighted by Gasteiger charge is 2.28. The van der Waals surface area contributed by atoms with Crippen molar-refractivity contribution in [3.05, 3.63) is 39.9 Å². The summed E-state index contributed by atoms with van der Waals surface area (Å²) in [4.78, 5) is 2.33. The molecule has 1 aliphatic rings. The molecule has 122 valence electrons. The third-order valence-electron chi connectivity index (χ3n) is 4.57. The molecule has 4 heteroatoms. The van der Waals surface area contributed by atoms with Crippen molar-refractivity contribution >= 4 is 23.2 Å². The molecule has 0 aliphatic heterocycles. The van der Waals surface area contributed by atoms with Crippen molar-refractivity contribution < 1.29 is 5.11 Å². The highest BCUT2D eigenvalue weighted by Crippen LogP contribution is 2.35. The SMILES string of the molecule is C=C(C)CC1CCCCC1N(C)Cc1cc(Cl)cc(Cl)c1O. The molecule has 1 aromatic rings. The van der Waals surface area contributed by atoms with E-state index in [4.69, 9.17) is 23.2 Å². The number of aromatic hydroxyl groups is 1. The van der Waals surface area contributed by atoms with Crippen LogP contribution in [0.25, 0.3) is 0 Å². The first kappa shape index (κ1) is 17.7. The van der Waals surface area contributed by atoms with Gasteiger partial charge in [0.2, 0.25) is 0 Å². The first-order chi connectivity index (χ1) is 10.4. The van der Waals surface area contributed by atoms with Gasteiger partial charge in [0.1, 0.15) is 5.75 Å². The second-order valence-corrected chi connectivity index (χ2v) is 7.43. The van der Waals surface area contributed by atoms with E-state index in [0.29, 0.717) is 28.5 Å². The Balaban J connectivity index is 2.13. The molecule has 2 atom stereocenters. The molecule has 0 radical (unpaired) electrons. The van der Waals surface area contributed by atoms with Crippen LogP contribution >= 0.6 is 23.2 Å². The maximum atomic E-state index is 10.1. The lowest BCUT2D eigenvalue weighted by atomic mass is 9.80. The van der Waals surface area contributed by atoms with Gasteiger partial charge in [-0.25, -0.2) is 0 Å². The molecule has 1 aromatic carbocycles. The fourth-order valence-electron chi connectivity index (χ4n) is 3.58. The van der Waals surface area contributed by atoms with Crippen molar-refractivity contribution in [1.29, 1.82) is 0 Å². The molecule has 1 saturated carbocycles. The van der Waals surface area contributed by atoms with Crippen LogP contribution in [0.15, 0.2) is 24.3 Å². The van der Waals surface area contributed by atoms with E-state index in [9.17, 15) is 5.11 Å². The minimum Gasteiger partial charge on any atom is -0.506 e. The van der Waals surface area contributed by atoms with Crippen LogP contribution in [-0.4, -0.2) is 23.1 Å². The lowest BCUT2D eigenvalue weighted by Gasteiger charge is -2.38. The van der Waals surface area contributed by atoms with Crippen LogP contribution in [-0.2, 0) is 6.54 Å². The summed E-state index contributed by atoms with van der Waals surface area (Å²) in [7, 11) is 2.12. The van der Waals surface area contributed by atoms with Crippen LogP contribution in [0, 0.1) is 5.92 Å². The van der Waals surface area contributed by atoms with Crippen molar-refractivity contribution in [2.45, 2.75) is 51.6 Å². The average Bonchev–Trinajstić information content (AvgIpc) is 2.44. The number of halogens is 2. The molecule has 0 spiro atoms. The summed E-state index contributed by atoms with van der Waals surface area (Å²) in [6.07, 6.45) is 6.10. The smallest absolute Gasteiger partial charge is 0.138 e. The predicted molar refractivity (Wildman–Crippen MR) is 94.8 cm³/mol. The topological polar surface area (TPSA) is 23.5 Å². The van der Waals surface area contributed by atoms with E-state index < -0.39 is 0 Å². The van der Waals surface area contributed by atoms with Crippen LogP contribution in [0.1, 0.15) is 44.6 Å². The van der Waals surface area contributed by atoms with Gasteiger partial charge in [-0.1, -0.05) is 41.6 Å². The highest BCUT2D eigenvalue weighted by molar-refractivity contribution is 6.35. The first-order valence-corrected chi connectivity index (χ1v) is 8.65. The number of phenols is 1. The first-order valence-electron chi connectivity index (χ1n) is 7.90. The van der Waals surface area contributed by atoms with E-state index in [1.54, 1.807) is 12.1 Å². The van der Waals surface area contributed by atoms with Gasteiger partial charge in [0, 0.05) is 23.2 Å². The predicted octanol–water partition coefficient (Wildman–Crippen LogP) is 5.66. The molecule has 0 heterocycles. The average molecular weight is 342 g/mol. The van der Waals surface area contributed by atoms with Crippen molar-refractivity contribution in [3.8, 4) is 5.75 Å². The van der Waals surface area contributed by atoms with Gasteiger partial charge in [0.05, 0.1) is 5.02 Å². The van der Waals surface area contributed by atoms with Crippen LogP contribution in [0.4, 0.5) is 0 Å². The zero-order valence-electron chi connectivity index (χ0n) is 13.4. The fraction of sp³-hybridized carbons (Fsp3) is 0.556. The number of allylic oxidation sites excluding steroid dienone is 1. The van der Waals surface area contributed by atoms with E-state index in [1.807, 2.05) is 0 Å². The molecule has 2 unspecified atom stereocenters. The van der Waals surface area contributed by atoms with Crippen molar-refractivity contribution in [2.75, 3.05) is 7.05 Å². The second kappa shape index (κ2) is 7.72. The normalized spacial score (nSPS) is 22.0. The molecule has 0 bridgehead atoms. The summed E-state index contributed by atoms with van der Waals surface area (Å²) in [5.74, 6) is 0.790. The third kappa shape index (κ3) is 4.41. The molecular formula is C18H25Cl2NO. The lowest BCUT2D eigenvalue weighted by Crippen LogP contribution is -2.39. The zero-order valence-corrected chi connectivity index (χ0v) is 14.9. The van der Waals surface area contributed by atoms with E-state index >= 15 is 0 Å². The Morgan fingerprint density at radius 3 is 2.68 bits per heavy atom. The van der Waals surface area contributed by atoms with Gasteiger partial charge in [0.25, 0.3) is 0 Å². The number of rotatable bonds is 5. The minimum absolute atomic E-state index is 0.144. The molecule has 2 nitrogen and oxygen atoms in total. The van der Waals surface area contributed by atoms with E-state index in [1.165, 1.54) is 31.3 Å². The maximum Gasteiger partial charge on any atom is 0.138 e. The molecule has 0 aromatic heterocycles. The van der Waals surface area contributed by atoms with Gasteiger partial charge in [-0.3, -0.25) is 4.90 Å². The van der Waals surface area contributed by atoms with E-state index in [-0.39, 0.29) is 5.75 Å². The quantitative estimate of drug-likeness (QED) is 0.698. The summed E-state index contributed by atoms with van der Waals surface area (Å²) >= 11 is 12.1. The standard InChI is InChI=1S/C18H25Cl2NO/c1-12(2)8-13-6-4-5-7-17(13)21(3)11-14-9-15(19)10-16(20)18(14)22/h9-10,13,17,22H,1,4-8,11H2,2-3H3. The lowest BCUT2D eigenvalue weighted by molar-refractivity contribution is 0.122. The Labute approximate surface area is 143 Å². The number of nitrogens with zero attached hydrogens (tertiary/aromatic N) is 1. The summed E-state index contributed by atoms with van der Waals surface area (Å²) in [5, 5.41) is 11.0. The van der Waals surface area contributed by atoms with Gasteiger partial charge in [-0.05, 0) is 51.3 Å². The highest BCUT2D eigenvalue weighted by atomic mass is 35.5. The Hall–Kier alpha value is -0.700. The van der Waals surface area contributed by atoms with E-state index in [0.717, 1.165) is 12.0 Å². The summed E-state index contributed by atoms with van der Waals surface area (Å²) < 4.78 is 0. The van der Waals surface area contributed by atoms with Gasteiger partial charge in [0.15, 0.2) is 0 Å². The Kier molecular flexibility index (Phi) is 6.19. The Morgan fingerprint density at radius 1 is 1.32 bits per heavy atom. The Bertz CT molecular complexity index is 544. The molecule has 1 aliphatic carbocycles. The second-order valence-electron chi connectivity index (χ2n) is 6.58. The van der Waals surface area contributed by atoms with Gasteiger partial charge < -0.3 is 5.11 Å². The minimum atomic E-state index is 0.144. The summed E-state index contributed by atoms with van der Waals surface area (Å²) in [6, 6.07) is 3.89. The largest absolute Gasteiger partial charge is 0.506 e. The number of hydrogen-bond donors (Lipinski definition) is 1. The van der Waals surface area contributed by atoms with Gasteiger partial charge in [-0.15, -0.1) is 6.58 Å². The van der Waals surface area contributed by atoms with Gasteiger partial charge in [-0.2, -0.15) is 0 Å². The number of benzene rings is 1. The summed E-state index contributed by atoms with van der Waals surface area (Å²) in [6.45, 7) is 6.83. The maximum absolute atomic E-state index is 10.1. The van der Waals surface area contributed by atoms with Crippen LogP contribution in [0.5, 0.6) is 5.75 Å². The molecular weight excluding hydrogens is 317 g/mol. The van der Waals surface area contributed by atoms with Crippen molar-refractivity contribution in [3.63, 3.8) is 0 Å². The number of phenolic OH excluding ortho intramolecular Hbond substituents is 1.